The molecule has 0 aliphatic carbocycles. The fourth-order valence-electron chi connectivity index (χ4n) is 1.76. The third-order valence-corrected chi connectivity index (χ3v) is 2.78. The van der Waals surface area contributed by atoms with Crippen molar-refractivity contribution in [1.82, 2.24) is 10.3 Å². The van der Waals surface area contributed by atoms with E-state index >= 15 is 0 Å². The number of aromatic nitrogens is 1. The molecule has 0 radical (unpaired) electrons. The second-order valence-corrected chi connectivity index (χ2v) is 4.62. The molecule has 0 aliphatic heterocycles. The van der Waals surface area contributed by atoms with Crippen LogP contribution in [0.2, 0.25) is 0 Å². The van der Waals surface area contributed by atoms with Gasteiger partial charge in [-0.2, -0.15) is 0 Å². The van der Waals surface area contributed by atoms with Gasteiger partial charge >= 0.3 is 5.97 Å². The number of carboxylic acid groups (broad SMARTS) is 1. The maximum Gasteiger partial charge on any atom is 0.329 e. The molecular formula is C15H15FN2O5. The Labute approximate surface area is 131 Å². The van der Waals surface area contributed by atoms with Crippen LogP contribution in [0.4, 0.5) is 4.39 Å². The highest BCUT2D eigenvalue weighted by molar-refractivity contribution is 5.78. The standard InChI is InChI=1S/C15H15FN2O5/c16-11-3-1-10(2-4-11)15-18-12(8-23-15)7-13(19)17-5-6-22-9-14(20)21/h1-4,8H,5-7,9H2,(H,17,19)(H,20,21). The summed E-state index contributed by atoms with van der Waals surface area (Å²) in [5.41, 5.74) is 1.05. The van der Waals surface area contributed by atoms with Gasteiger partial charge in [0.15, 0.2) is 0 Å². The third kappa shape index (κ3) is 5.51. The molecule has 0 fully saturated rings. The SMILES string of the molecule is O=C(O)COCCNC(=O)Cc1coc(-c2ccc(F)cc2)n1. The van der Waals surface area contributed by atoms with E-state index < -0.39 is 12.6 Å². The first kappa shape index (κ1) is 16.6. The molecule has 23 heavy (non-hydrogen) atoms. The molecule has 1 heterocycles. The highest BCUT2D eigenvalue weighted by Crippen LogP contribution is 2.19. The Balaban J connectivity index is 1.78. The van der Waals surface area contributed by atoms with Gasteiger partial charge in [0.1, 0.15) is 18.7 Å². The molecule has 0 saturated heterocycles. The van der Waals surface area contributed by atoms with Gasteiger partial charge in [0, 0.05) is 12.1 Å². The van der Waals surface area contributed by atoms with Crippen LogP contribution in [0.15, 0.2) is 34.9 Å². The summed E-state index contributed by atoms with van der Waals surface area (Å²) < 4.78 is 22.9. The zero-order valence-corrected chi connectivity index (χ0v) is 12.1. The second kappa shape index (κ2) is 8.04. The second-order valence-electron chi connectivity index (χ2n) is 4.62. The number of benzene rings is 1. The summed E-state index contributed by atoms with van der Waals surface area (Å²) in [4.78, 5) is 26.1. The van der Waals surface area contributed by atoms with Crippen LogP contribution < -0.4 is 5.32 Å². The van der Waals surface area contributed by atoms with Crippen molar-refractivity contribution >= 4 is 11.9 Å². The number of rotatable bonds is 8. The average Bonchev–Trinajstić information content (AvgIpc) is 2.95. The minimum absolute atomic E-state index is 0.0175. The van der Waals surface area contributed by atoms with Gasteiger partial charge < -0.3 is 19.6 Å². The minimum Gasteiger partial charge on any atom is -0.480 e. The lowest BCUT2D eigenvalue weighted by atomic mass is 10.2. The minimum atomic E-state index is -1.06. The Morgan fingerprint density at radius 2 is 2.04 bits per heavy atom. The van der Waals surface area contributed by atoms with Crippen molar-refractivity contribution in [3.05, 3.63) is 42.0 Å². The molecular weight excluding hydrogens is 307 g/mol. The molecule has 8 heteroatoms. The largest absolute Gasteiger partial charge is 0.480 e. The number of halogens is 1. The Kier molecular flexibility index (Phi) is 5.81. The van der Waals surface area contributed by atoms with E-state index in [9.17, 15) is 14.0 Å². The Morgan fingerprint density at radius 1 is 1.30 bits per heavy atom. The maximum atomic E-state index is 12.9. The quantitative estimate of drug-likeness (QED) is 0.709. The highest BCUT2D eigenvalue weighted by atomic mass is 19.1. The number of carbonyl (C=O) groups excluding carboxylic acids is 1. The van der Waals surface area contributed by atoms with Crippen LogP contribution in [-0.2, 0) is 20.7 Å². The predicted octanol–water partition coefficient (Wildman–Crippen LogP) is 1.24. The first-order valence-corrected chi connectivity index (χ1v) is 6.81. The first-order valence-electron chi connectivity index (χ1n) is 6.81. The van der Waals surface area contributed by atoms with E-state index in [1.54, 1.807) is 0 Å². The summed E-state index contributed by atoms with van der Waals surface area (Å²) in [6, 6.07) is 5.65. The van der Waals surface area contributed by atoms with Crippen molar-refractivity contribution in [3.8, 4) is 11.5 Å². The van der Waals surface area contributed by atoms with Crippen LogP contribution in [0.1, 0.15) is 5.69 Å². The number of carbonyl (C=O) groups is 2. The van der Waals surface area contributed by atoms with Crippen LogP contribution in [0.3, 0.4) is 0 Å². The van der Waals surface area contributed by atoms with Crippen molar-refractivity contribution in [2.75, 3.05) is 19.8 Å². The topological polar surface area (TPSA) is 102 Å². The van der Waals surface area contributed by atoms with Crippen LogP contribution in [0.25, 0.3) is 11.5 Å². The monoisotopic (exact) mass is 322 g/mol. The molecule has 1 amide bonds. The van der Waals surface area contributed by atoms with Gasteiger partial charge in [-0.1, -0.05) is 0 Å². The van der Waals surface area contributed by atoms with Crippen molar-refractivity contribution < 1.29 is 28.2 Å². The van der Waals surface area contributed by atoms with Crippen LogP contribution in [0, 0.1) is 5.82 Å². The molecule has 2 aromatic rings. The van der Waals surface area contributed by atoms with Crippen molar-refractivity contribution in [1.29, 1.82) is 0 Å². The van der Waals surface area contributed by atoms with E-state index in [4.69, 9.17) is 14.3 Å². The molecule has 2 N–H and O–H groups in total. The van der Waals surface area contributed by atoms with Gasteiger partial charge in [0.05, 0.1) is 18.7 Å². The fraction of sp³-hybridized carbons (Fsp3) is 0.267. The van der Waals surface area contributed by atoms with E-state index in [-0.39, 0.29) is 31.3 Å². The van der Waals surface area contributed by atoms with Crippen LogP contribution in [-0.4, -0.2) is 41.7 Å². The van der Waals surface area contributed by atoms with Crippen LogP contribution in [0.5, 0.6) is 0 Å². The summed E-state index contributed by atoms with van der Waals surface area (Å²) >= 11 is 0. The lowest BCUT2D eigenvalue weighted by Crippen LogP contribution is -2.29. The predicted molar refractivity (Wildman–Crippen MR) is 77.1 cm³/mol. The summed E-state index contributed by atoms with van der Waals surface area (Å²) in [5, 5.41) is 10.9. The maximum absolute atomic E-state index is 12.9. The normalized spacial score (nSPS) is 10.5. The molecule has 0 atom stereocenters. The van der Waals surface area contributed by atoms with Crippen LogP contribution >= 0.6 is 0 Å². The number of nitrogens with one attached hydrogen (secondary N) is 1. The molecule has 1 aromatic heterocycles. The average molecular weight is 322 g/mol. The zero-order valence-electron chi connectivity index (χ0n) is 12.1. The molecule has 0 spiro atoms. The summed E-state index contributed by atoms with van der Waals surface area (Å²) in [6.45, 7) is -0.0906. The van der Waals surface area contributed by atoms with Crippen molar-refractivity contribution in [3.63, 3.8) is 0 Å². The number of carboxylic acids is 1. The first-order chi connectivity index (χ1) is 11.0. The van der Waals surface area contributed by atoms with Gasteiger partial charge in [-0.3, -0.25) is 4.79 Å². The number of hydrogen-bond donors (Lipinski definition) is 2. The van der Waals surface area contributed by atoms with Crippen molar-refractivity contribution in [2.24, 2.45) is 0 Å². The molecule has 7 nitrogen and oxygen atoms in total. The molecule has 122 valence electrons. The van der Waals surface area contributed by atoms with E-state index in [0.29, 0.717) is 17.1 Å². The Morgan fingerprint density at radius 3 is 2.74 bits per heavy atom. The third-order valence-electron chi connectivity index (χ3n) is 2.78. The van der Waals surface area contributed by atoms with Crippen molar-refractivity contribution in [2.45, 2.75) is 6.42 Å². The Bertz CT molecular complexity index is 669. The highest BCUT2D eigenvalue weighted by Gasteiger charge is 2.10. The summed E-state index contributed by atoms with van der Waals surface area (Å²) in [5.74, 6) is -1.40. The molecule has 0 unspecified atom stereocenters. The molecule has 0 bridgehead atoms. The number of amides is 1. The van der Waals surface area contributed by atoms with E-state index in [1.807, 2.05) is 0 Å². The Hall–Kier alpha value is -2.74. The summed E-state index contributed by atoms with van der Waals surface area (Å²) in [7, 11) is 0. The van der Waals surface area contributed by atoms with Gasteiger partial charge in [-0.05, 0) is 24.3 Å². The molecule has 0 aliphatic rings. The smallest absolute Gasteiger partial charge is 0.329 e. The molecule has 0 saturated carbocycles. The van der Waals surface area contributed by atoms with E-state index in [0.717, 1.165) is 0 Å². The number of nitrogens with zero attached hydrogens (tertiary/aromatic N) is 1. The molecule has 2 rings (SSSR count). The lowest BCUT2D eigenvalue weighted by Gasteiger charge is -2.03. The van der Waals surface area contributed by atoms with Gasteiger partial charge in [0.2, 0.25) is 11.8 Å². The zero-order chi connectivity index (χ0) is 16.7. The molecule has 1 aromatic carbocycles. The number of oxazole rings is 1. The number of aliphatic carboxylic acids is 1. The fourth-order valence-corrected chi connectivity index (χ4v) is 1.76. The van der Waals surface area contributed by atoms with Gasteiger partial charge in [-0.15, -0.1) is 0 Å². The summed E-state index contributed by atoms with van der Waals surface area (Å²) in [6.07, 6.45) is 1.38. The van der Waals surface area contributed by atoms with Gasteiger partial charge in [0.25, 0.3) is 0 Å². The number of hydrogen-bond acceptors (Lipinski definition) is 5. The lowest BCUT2D eigenvalue weighted by molar-refractivity contribution is -0.142. The van der Waals surface area contributed by atoms with E-state index in [1.165, 1.54) is 30.5 Å². The van der Waals surface area contributed by atoms with Gasteiger partial charge in [-0.25, -0.2) is 14.2 Å². The van der Waals surface area contributed by atoms with E-state index in [2.05, 4.69) is 10.3 Å². The number of ether oxygens (including phenoxy) is 1.